The highest BCUT2D eigenvalue weighted by atomic mass is 35.5. The predicted molar refractivity (Wildman–Crippen MR) is 73.1 cm³/mol. The number of nitrogens with two attached hydrogens (primary N) is 1. The zero-order chi connectivity index (χ0) is 13.3. The van der Waals surface area contributed by atoms with Crippen LogP contribution < -0.4 is 16.2 Å². The van der Waals surface area contributed by atoms with Crippen molar-refractivity contribution < 1.29 is 0 Å². The molecule has 1 fully saturated rings. The van der Waals surface area contributed by atoms with Crippen molar-refractivity contribution in [3.8, 4) is 0 Å². The van der Waals surface area contributed by atoms with E-state index in [1.807, 2.05) is 0 Å². The number of piperidine rings is 1. The predicted octanol–water partition coefficient (Wildman–Crippen LogP) is 0.997. The van der Waals surface area contributed by atoms with Gasteiger partial charge in [0.1, 0.15) is 5.02 Å². The van der Waals surface area contributed by atoms with Crippen LogP contribution in [0.5, 0.6) is 0 Å². The first-order chi connectivity index (χ1) is 8.54. The Balaban J connectivity index is 2.36. The molecule has 6 heteroatoms. The van der Waals surface area contributed by atoms with Crippen molar-refractivity contribution in [1.29, 1.82) is 0 Å². The van der Waals surface area contributed by atoms with Gasteiger partial charge in [-0.2, -0.15) is 5.10 Å². The normalized spacial score (nSPS) is 24.3. The third-order valence-electron chi connectivity index (χ3n) is 3.62. The quantitative estimate of drug-likeness (QED) is 0.871. The van der Waals surface area contributed by atoms with E-state index in [0.717, 1.165) is 19.4 Å². The molecule has 1 aromatic heterocycles. The lowest BCUT2D eigenvalue weighted by atomic mass is 9.92. The monoisotopic (exact) mass is 270 g/mol. The summed E-state index contributed by atoms with van der Waals surface area (Å²) in [4.78, 5) is 13.9. The Hall–Kier alpha value is -1.07. The Labute approximate surface area is 112 Å². The number of anilines is 1. The summed E-state index contributed by atoms with van der Waals surface area (Å²) in [6, 6.07) is 0.236. The molecule has 0 bridgehead atoms. The van der Waals surface area contributed by atoms with Crippen LogP contribution in [-0.2, 0) is 7.05 Å². The van der Waals surface area contributed by atoms with E-state index >= 15 is 0 Å². The van der Waals surface area contributed by atoms with Gasteiger partial charge in [-0.1, -0.05) is 18.5 Å². The molecule has 1 aliphatic rings. The fraction of sp³-hybridized carbons (Fsp3) is 0.667. The molecule has 0 aromatic carbocycles. The van der Waals surface area contributed by atoms with Gasteiger partial charge in [0.25, 0.3) is 5.56 Å². The molecule has 1 aromatic rings. The largest absolute Gasteiger partial charge is 0.365 e. The molecule has 2 rings (SSSR count). The van der Waals surface area contributed by atoms with Crippen LogP contribution in [0.3, 0.4) is 0 Å². The van der Waals surface area contributed by atoms with E-state index in [1.54, 1.807) is 13.2 Å². The van der Waals surface area contributed by atoms with Gasteiger partial charge >= 0.3 is 0 Å². The first kappa shape index (κ1) is 13.4. The third kappa shape index (κ3) is 2.37. The lowest BCUT2D eigenvalue weighted by molar-refractivity contribution is 0.366. The van der Waals surface area contributed by atoms with Crippen molar-refractivity contribution in [2.24, 2.45) is 18.7 Å². The summed E-state index contributed by atoms with van der Waals surface area (Å²) in [6.07, 6.45) is 3.77. The van der Waals surface area contributed by atoms with E-state index in [1.165, 1.54) is 4.68 Å². The second kappa shape index (κ2) is 5.28. The van der Waals surface area contributed by atoms with Gasteiger partial charge in [0.15, 0.2) is 0 Å². The number of rotatable bonds is 2. The van der Waals surface area contributed by atoms with Gasteiger partial charge in [-0.3, -0.25) is 4.79 Å². The molecular formula is C12H19ClN4O. The van der Waals surface area contributed by atoms with Crippen molar-refractivity contribution in [2.45, 2.75) is 25.8 Å². The Morgan fingerprint density at radius 1 is 1.61 bits per heavy atom. The van der Waals surface area contributed by atoms with Gasteiger partial charge in [-0.25, -0.2) is 4.68 Å². The van der Waals surface area contributed by atoms with Crippen LogP contribution in [0.2, 0.25) is 5.02 Å². The lowest BCUT2D eigenvalue weighted by Crippen LogP contribution is -2.47. The van der Waals surface area contributed by atoms with Crippen molar-refractivity contribution in [1.82, 2.24) is 9.78 Å². The summed E-state index contributed by atoms with van der Waals surface area (Å²) in [5.74, 6) is 0.660. The second-order valence-corrected chi connectivity index (χ2v) is 5.36. The van der Waals surface area contributed by atoms with Crippen LogP contribution >= 0.6 is 11.6 Å². The molecular weight excluding hydrogens is 252 g/mol. The molecule has 0 radical (unpaired) electrons. The standard InChI is InChI=1S/C12H19ClN4O/c1-8-3-4-17(9(5-8)6-14)10-7-15-16(2)12(18)11(10)13/h7-9H,3-6,14H2,1-2H3. The topological polar surface area (TPSA) is 64.2 Å². The smallest absolute Gasteiger partial charge is 0.287 e. The minimum Gasteiger partial charge on any atom is -0.365 e. The SMILES string of the molecule is CC1CCN(c2cnn(C)c(=O)c2Cl)C(CN)C1. The summed E-state index contributed by atoms with van der Waals surface area (Å²) >= 11 is 6.13. The first-order valence-corrected chi connectivity index (χ1v) is 6.61. The molecule has 2 N–H and O–H groups in total. The van der Waals surface area contributed by atoms with Gasteiger partial charge in [0.05, 0.1) is 11.9 Å². The van der Waals surface area contributed by atoms with E-state index in [2.05, 4.69) is 16.9 Å². The highest BCUT2D eigenvalue weighted by Crippen LogP contribution is 2.30. The van der Waals surface area contributed by atoms with Gasteiger partial charge in [-0.05, 0) is 18.8 Å². The van der Waals surface area contributed by atoms with Crippen LogP contribution in [0, 0.1) is 5.92 Å². The minimum atomic E-state index is -0.261. The Morgan fingerprint density at radius 3 is 3.00 bits per heavy atom. The maximum absolute atomic E-state index is 11.8. The fourth-order valence-corrected chi connectivity index (χ4v) is 2.77. The number of nitrogens with zero attached hydrogens (tertiary/aromatic N) is 3. The molecule has 2 unspecified atom stereocenters. The van der Waals surface area contributed by atoms with Crippen LogP contribution in [0.1, 0.15) is 19.8 Å². The van der Waals surface area contributed by atoms with Crippen LogP contribution in [-0.4, -0.2) is 28.9 Å². The van der Waals surface area contributed by atoms with Gasteiger partial charge in [0, 0.05) is 26.2 Å². The van der Waals surface area contributed by atoms with E-state index in [9.17, 15) is 4.79 Å². The van der Waals surface area contributed by atoms with Gasteiger partial charge in [-0.15, -0.1) is 0 Å². The van der Waals surface area contributed by atoms with Crippen molar-refractivity contribution in [3.63, 3.8) is 0 Å². The lowest BCUT2D eigenvalue weighted by Gasteiger charge is -2.39. The maximum atomic E-state index is 11.8. The summed E-state index contributed by atoms with van der Waals surface area (Å²) in [5.41, 5.74) is 6.27. The highest BCUT2D eigenvalue weighted by Gasteiger charge is 2.27. The van der Waals surface area contributed by atoms with Gasteiger partial charge in [0.2, 0.25) is 0 Å². The minimum absolute atomic E-state index is 0.236. The van der Waals surface area contributed by atoms with Crippen molar-refractivity contribution >= 4 is 17.3 Å². The van der Waals surface area contributed by atoms with E-state index in [0.29, 0.717) is 18.2 Å². The average Bonchev–Trinajstić information content (AvgIpc) is 2.37. The van der Waals surface area contributed by atoms with Crippen LogP contribution in [0.15, 0.2) is 11.0 Å². The van der Waals surface area contributed by atoms with E-state index in [4.69, 9.17) is 17.3 Å². The summed E-state index contributed by atoms with van der Waals surface area (Å²) < 4.78 is 1.25. The number of hydrogen-bond acceptors (Lipinski definition) is 4. The zero-order valence-electron chi connectivity index (χ0n) is 10.8. The molecule has 0 amide bonds. The summed E-state index contributed by atoms with van der Waals surface area (Å²) in [5, 5.41) is 4.28. The fourth-order valence-electron chi connectivity index (χ4n) is 2.49. The summed E-state index contributed by atoms with van der Waals surface area (Å²) in [6.45, 7) is 3.66. The Morgan fingerprint density at radius 2 is 2.33 bits per heavy atom. The molecule has 2 atom stereocenters. The Kier molecular flexibility index (Phi) is 3.92. The maximum Gasteiger partial charge on any atom is 0.287 e. The first-order valence-electron chi connectivity index (χ1n) is 6.23. The highest BCUT2D eigenvalue weighted by molar-refractivity contribution is 6.33. The van der Waals surface area contributed by atoms with Crippen molar-refractivity contribution in [2.75, 3.05) is 18.0 Å². The average molecular weight is 271 g/mol. The molecule has 5 nitrogen and oxygen atoms in total. The molecule has 2 heterocycles. The molecule has 0 saturated carbocycles. The zero-order valence-corrected chi connectivity index (χ0v) is 11.5. The molecule has 18 heavy (non-hydrogen) atoms. The second-order valence-electron chi connectivity index (χ2n) is 4.99. The van der Waals surface area contributed by atoms with Crippen LogP contribution in [0.4, 0.5) is 5.69 Å². The van der Waals surface area contributed by atoms with Gasteiger partial charge < -0.3 is 10.6 Å². The molecule has 1 saturated heterocycles. The molecule has 0 spiro atoms. The number of aryl methyl sites for hydroxylation is 1. The molecule has 0 aliphatic carbocycles. The molecule has 1 aliphatic heterocycles. The number of hydrogen-bond donors (Lipinski definition) is 1. The third-order valence-corrected chi connectivity index (χ3v) is 3.97. The van der Waals surface area contributed by atoms with Crippen LogP contribution in [0.25, 0.3) is 0 Å². The number of aromatic nitrogens is 2. The van der Waals surface area contributed by atoms with Crippen molar-refractivity contribution in [3.05, 3.63) is 21.6 Å². The Bertz CT molecular complexity index is 487. The number of halogens is 1. The van der Waals surface area contributed by atoms with E-state index in [-0.39, 0.29) is 16.6 Å². The summed E-state index contributed by atoms with van der Waals surface area (Å²) in [7, 11) is 1.59. The molecule has 100 valence electrons. The van der Waals surface area contributed by atoms with E-state index < -0.39 is 0 Å².